The van der Waals surface area contributed by atoms with Crippen LogP contribution in [0.4, 0.5) is 24.7 Å². The van der Waals surface area contributed by atoms with Crippen LogP contribution < -0.4 is 15.0 Å². The molecule has 4 rings (SSSR count). The zero-order valence-electron chi connectivity index (χ0n) is 18.9. The lowest BCUT2D eigenvalue weighted by Gasteiger charge is -2.33. The van der Waals surface area contributed by atoms with Crippen molar-refractivity contribution in [2.75, 3.05) is 23.3 Å². The van der Waals surface area contributed by atoms with Crippen molar-refractivity contribution < 1.29 is 22.7 Å². The number of carbonyl (C=O) groups is 1. The zero-order valence-corrected chi connectivity index (χ0v) is 18.9. The number of alkyl halides is 3. The second-order valence-electron chi connectivity index (χ2n) is 8.50. The molecule has 34 heavy (non-hydrogen) atoms. The fourth-order valence-electron chi connectivity index (χ4n) is 4.00. The van der Waals surface area contributed by atoms with Crippen molar-refractivity contribution in [3.8, 4) is 16.9 Å². The van der Waals surface area contributed by atoms with Crippen molar-refractivity contribution in [3.05, 3.63) is 66.1 Å². The van der Waals surface area contributed by atoms with Crippen molar-refractivity contribution in [1.29, 1.82) is 0 Å². The Bertz CT molecular complexity index is 1150. The van der Waals surface area contributed by atoms with Crippen LogP contribution in [0, 0.1) is 12.8 Å². The van der Waals surface area contributed by atoms with Gasteiger partial charge in [-0.15, -0.1) is 13.2 Å². The van der Waals surface area contributed by atoms with Gasteiger partial charge in [0.1, 0.15) is 11.6 Å². The molecule has 2 aromatic heterocycles. The second-order valence-corrected chi connectivity index (χ2v) is 8.50. The number of ether oxygens (including phenoxy) is 1. The molecule has 3 heterocycles. The number of halogens is 3. The van der Waals surface area contributed by atoms with E-state index in [4.69, 9.17) is 0 Å². The minimum atomic E-state index is -4.77. The van der Waals surface area contributed by atoms with Crippen LogP contribution >= 0.6 is 0 Å². The van der Waals surface area contributed by atoms with Crippen molar-refractivity contribution >= 4 is 17.4 Å². The number of benzene rings is 1. The average molecular weight is 470 g/mol. The molecule has 3 aromatic rings. The third-order valence-electron chi connectivity index (χ3n) is 5.65. The lowest BCUT2D eigenvalue weighted by Crippen LogP contribution is -2.35. The number of nitrogens with one attached hydrogen (secondary N) is 1. The number of anilines is 2. The number of carbonyl (C=O) groups excluding carboxylic acids is 1. The molecule has 1 aliphatic rings. The van der Waals surface area contributed by atoms with E-state index in [1.54, 1.807) is 12.3 Å². The lowest BCUT2D eigenvalue weighted by molar-refractivity contribution is -0.274. The van der Waals surface area contributed by atoms with E-state index in [0.717, 1.165) is 54.3 Å². The van der Waals surface area contributed by atoms with Crippen molar-refractivity contribution in [2.24, 2.45) is 5.92 Å². The maximum Gasteiger partial charge on any atom is 0.573 e. The SMILES string of the molecule is Cc1ccc(-c2cc(C(=O)Nc3ccc(OC(F)(F)F)cc3)cnc2N2CCC[C@@H](C)C2)cn1. The van der Waals surface area contributed by atoms with E-state index in [1.165, 1.54) is 24.8 Å². The minimum Gasteiger partial charge on any atom is -0.406 e. The minimum absolute atomic E-state index is 0.333. The van der Waals surface area contributed by atoms with Crippen molar-refractivity contribution in [1.82, 2.24) is 9.97 Å². The summed E-state index contributed by atoms with van der Waals surface area (Å²) in [4.78, 5) is 24.2. The predicted octanol–water partition coefficient (Wildman–Crippen LogP) is 5.84. The van der Waals surface area contributed by atoms with Crippen LogP contribution in [-0.4, -0.2) is 35.3 Å². The molecule has 9 heteroatoms. The maximum absolute atomic E-state index is 12.9. The molecule has 1 fully saturated rings. The van der Waals surface area contributed by atoms with E-state index in [2.05, 4.69) is 31.8 Å². The Morgan fingerprint density at radius 3 is 2.53 bits per heavy atom. The number of rotatable bonds is 5. The van der Waals surface area contributed by atoms with Gasteiger partial charge in [0.05, 0.1) is 5.56 Å². The van der Waals surface area contributed by atoms with E-state index < -0.39 is 12.3 Å². The van der Waals surface area contributed by atoms with Gasteiger partial charge in [0.25, 0.3) is 5.91 Å². The number of aryl methyl sites for hydroxylation is 1. The monoisotopic (exact) mass is 470 g/mol. The third kappa shape index (κ3) is 5.84. The maximum atomic E-state index is 12.9. The normalized spacial score (nSPS) is 16.3. The summed E-state index contributed by atoms with van der Waals surface area (Å²) in [5.41, 5.74) is 3.22. The van der Waals surface area contributed by atoms with E-state index in [1.807, 2.05) is 19.1 Å². The molecular formula is C25H25F3N4O2. The summed E-state index contributed by atoms with van der Waals surface area (Å²) < 4.78 is 40.9. The molecule has 0 aliphatic carbocycles. The Morgan fingerprint density at radius 1 is 1.12 bits per heavy atom. The van der Waals surface area contributed by atoms with Crippen LogP contribution in [0.5, 0.6) is 5.75 Å². The Balaban J connectivity index is 1.60. The first-order chi connectivity index (χ1) is 16.2. The zero-order chi connectivity index (χ0) is 24.3. The molecule has 1 N–H and O–H groups in total. The highest BCUT2D eigenvalue weighted by atomic mass is 19.4. The number of hydrogen-bond donors (Lipinski definition) is 1. The Morgan fingerprint density at radius 2 is 1.88 bits per heavy atom. The topological polar surface area (TPSA) is 67.3 Å². The molecule has 178 valence electrons. The van der Waals surface area contributed by atoms with E-state index in [0.29, 0.717) is 17.2 Å². The summed E-state index contributed by atoms with van der Waals surface area (Å²) >= 11 is 0. The lowest BCUT2D eigenvalue weighted by atomic mass is 9.98. The quantitative estimate of drug-likeness (QED) is 0.508. The molecular weight excluding hydrogens is 445 g/mol. The van der Waals surface area contributed by atoms with Gasteiger partial charge in [-0.1, -0.05) is 13.0 Å². The average Bonchev–Trinajstić information content (AvgIpc) is 2.79. The smallest absolute Gasteiger partial charge is 0.406 e. The van der Waals surface area contributed by atoms with E-state index >= 15 is 0 Å². The van der Waals surface area contributed by atoms with Crippen LogP contribution in [0.25, 0.3) is 11.1 Å². The molecule has 1 atom stereocenters. The molecule has 0 saturated carbocycles. The number of aromatic nitrogens is 2. The van der Waals surface area contributed by atoms with Crippen LogP contribution in [0.3, 0.4) is 0 Å². The highest BCUT2D eigenvalue weighted by Crippen LogP contribution is 2.33. The largest absolute Gasteiger partial charge is 0.573 e. The first-order valence-corrected chi connectivity index (χ1v) is 11.0. The standard InChI is InChI=1S/C25H25F3N4O2/c1-16-4-3-11-32(15-16)23-22(18-6-5-17(2)29-13-18)12-19(14-30-23)24(33)31-20-7-9-21(10-8-20)34-25(26,27)28/h5-10,12-14,16H,3-4,11,15H2,1-2H3,(H,31,33)/t16-/m1/s1. The Hall–Kier alpha value is -3.62. The van der Waals surface area contributed by atoms with Gasteiger partial charge in [-0.2, -0.15) is 0 Å². The Kier molecular flexibility index (Phi) is 6.72. The van der Waals surface area contributed by atoms with Crippen LogP contribution in [-0.2, 0) is 0 Å². The van der Waals surface area contributed by atoms with Gasteiger partial charge in [0, 0.05) is 48.0 Å². The van der Waals surface area contributed by atoms with Gasteiger partial charge in [-0.25, -0.2) is 4.98 Å². The van der Waals surface area contributed by atoms with Gasteiger partial charge in [-0.3, -0.25) is 9.78 Å². The van der Waals surface area contributed by atoms with Crippen LogP contribution in [0.15, 0.2) is 54.9 Å². The molecule has 1 saturated heterocycles. The predicted molar refractivity (Wildman–Crippen MR) is 124 cm³/mol. The van der Waals surface area contributed by atoms with Gasteiger partial charge >= 0.3 is 6.36 Å². The molecule has 0 spiro atoms. The highest BCUT2D eigenvalue weighted by Gasteiger charge is 2.31. The number of amides is 1. The summed E-state index contributed by atoms with van der Waals surface area (Å²) in [5.74, 6) is 0.576. The van der Waals surface area contributed by atoms with Crippen molar-refractivity contribution in [2.45, 2.75) is 33.1 Å². The number of hydrogen-bond acceptors (Lipinski definition) is 5. The first kappa shape index (κ1) is 23.5. The van der Waals surface area contributed by atoms with Gasteiger partial charge in [0.2, 0.25) is 0 Å². The van der Waals surface area contributed by atoms with E-state index in [-0.39, 0.29) is 5.75 Å². The first-order valence-electron chi connectivity index (χ1n) is 11.0. The highest BCUT2D eigenvalue weighted by molar-refractivity contribution is 6.05. The summed E-state index contributed by atoms with van der Waals surface area (Å²) in [5, 5.41) is 2.70. The fraction of sp³-hybridized carbons (Fsp3) is 0.320. The molecule has 6 nitrogen and oxygen atoms in total. The third-order valence-corrected chi connectivity index (χ3v) is 5.65. The van der Waals surface area contributed by atoms with Gasteiger partial charge < -0.3 is 15.0 Å². The summed E-state index contributed by atoms with van der Waals surface area (Å²) in [6.07, 6.45) is 0.766. The molecule has 0 radical (unpaired) electrons. The molecule has 1 aliphatic heterocycles. The van der Waals surface area contributed by atoms with Crippen LogP contribution in [0.2, 0.25) is 0 Å². The van der Waals surface area contributed by atoms with Crippen molar-refractivity contribution in [3.63, 3.8) is 0 Å². The summed E-state index contributed by atoms with van der Waals surface area (Å²) in [6.45, 7) is 5.90. The fourth-order valence-corrected chi connectivity index (χ4v) is 4.00. The molecule has 0 bridgehead atoms. The number of piperidine rings is 1. The van der Waals surface area contributed by atoms with Gasteiger partial charge in [-0.05, 0) is 62.1 Å². The summed E-state index contributed by atoms with van der Waals surface area (Å²) in [7, 11) is 0. The number of pyridine rings is 2. The Labute approximate surface area is 195 Å². The molecule has 1 amide bonds. The summed E-state index contributed by atoms with van der Waals surface area (Å²) in [6, 6.07) is 10.6. The van der Waals surface area contributed by atoms with Crippen LogP contribution in [0.1, 0.15) is 35.8 Å². The van der Waals surface area contributed by atoms with E-state index in [9.17, 15) is 18.0 Å². The van der Waals surface area contributed by atoms with Gasteiger partial charge in [0.15, 0.2) is 0 Å². The number of nitrogens with zero attached hydrogens (tertiary/aromatic N) is 3. The molecule has 1 aromatic carbocycles. The second kappa shape index (κ2) is 9.70. The molecule has 0 unspecified atom stereocenters.